The van der Waals surface area contributed by atoms with Crippen molar-refractivity contribution in [2.45, 2.75) is 13.5 Å². The van der Waals surface area contributed by atoms with Gasteiger partial charge in [0, 0.05) is 37.1 Å². The highest BCUT2D eigenvalue weighted by molar-refractivity contribution is 6.31. The van der Waals surface area contributed by atoms with Crippen LogP contribution in [0.1, 0.15) is 22.8 Å². The van der Waals surface area contributed by atoms with Gasteiger partial charge in [-0.1, -0.05) is 35.9 Å². The molecular weight excluding hydrogens is 340 g/mol. The summed E-state index contributed by atoms with van der Waals surface area (Å²) in [6.45, 7) is 2.65. The quantitative estimate of drug-likeness (QED) is 0.825. The lowest BCUT2D eigenvalue weighted by molar-refractivity contribution is -0.129. The van der Waals surface area contributed by atoms with Crippen molar-refractivity contribution in [1.29, 1.82) is 0 Å². The Bertz CT molecular complexity index is 749. The van der Waals surface area contributed by atoms with E-state index in [0.717, 1.165) is 5.56 Å². The topological polar surface area (TPSA) is 58.6 Å². The van der Waals surface area contributed by atoms with Crippen molar-refractivity contribution in [3.8, 4) is 5.75 Å². The van der Waals surface area contributed by atoms with E-state index in [1.165, 1.54) is 6.92 Å². The van der Waals surface area contributed by atoms with Crippen LogP contribution in [0.4, 0.5) is 0 Å². The lowest BCUT2D eigenvalue weighted by Gasteiger charge is -2.22. The van der Waals surface area contributed by atoms with Crippen LogP contribution in [-0.4, -0.2) is 36.9 Å². The van der Waals surface area contributed by atoms with Crippen molar-refractivity contribution in [3.63, 3.8) is 0 Å². The monoisotopic (exact) mass is 360 g/mol. The summed E-state index contributed by atoms with van der Waals surface area (Å²) in [7, 11) is 1.55. The fourth-order valence-electron chi connectivity index (χ4n) is 2.35. The summed E-state index contributed by atoms with van der Waals surface area (Å²) in [6, 6.07) is 14.3. The van der Waals surface area contributed by atoms with E-state index >= 15 is 0 Å². The summed E-state index contributed by atoms with van der Waals surface area (Å²) >= 11 is 6.15. The van der Waals surface area contributed by atoms with E-state index in [-0.39, 0.29) is 11.8 Å². The zero-order valence-corrected chi connectivity index (χ0v) is 15.0. The average Bonchev–Trinajstić information content (AvgIpc) is 2.62. The minimum absolute atomic E-state index is 0.0736. The maximum absolute atomic E-state index is 12.2. The van der Waals surface area contributed by atoms with Gasteiger partial charge in [0.25, 0.3) is 5.91 Å². The first-order valence-electron chi connectivity index (χ1n) is 7.92. The third-order valence-electron chi connectivity index (χ3n) is 3.76. The molecule has 0 spiro atoms. The van der Waals surface area contributed by atoms with Crippen LogP contribution in [0.15, 0.2) is 48.5 Å². The fourth-order valence-corrected chi connectivity index (χ4v) is 2.55. The Labute approximate surface area is 152 Å². The molecule has 2 rings (SSSR count). The maximum atomic E-state index is 12.2. The third kappa shape index (κ3) is 5.50. The molecule has 0 fully saturated rings. The predicted molar refractivity (Wildman–Crippen MR) is 97.9 cm³/mol. The molecule has 0 bridgehead atoms. The largest absolute Gasteiger partial charge is 0.497 e. The molecule has 2 aromatic rings. The average molecular weight is 361 g/mol. The van der Waals surface area contributed by atoms with Crippen LogP contribution in [0.5, 0.6) is 5.75 Å². The summed E-state index contributed by atoms with van der Waals surface area (Å²) in [4.78, 5) is 25.7. The van der Waals surface area contributed by atoms with Crippen LogP contribution in [0, 0.1) is 0 Å². The predicted octanol–water partition coefficient (Wildman–Crippen LogP) is 3.13. The Kier molecular flexibility index (Phi) is 6.83. The fraction of sp³-hybridized carbons (Fsp3) is 0.263. The van der Waals surface area contributed by atoms with Gasteiger partial charge < -0.3 is 15.0 Å². The van der Waals surface area contributed by atoms with E-state index in [1.807, 2.05) is 18.2 Å². The first kappa shape index (κ1) is 18.8. The molecule has 0 unspecified atom stereocenters. The molecule has 5 nitrogen and oxygen atoms in total. The molecule has 25 heavy (non-hydrogen) atoms. The van der Waals surface area contributed by atoms with E-state index in [4.69, 9.17) is 16.3 Å². The van der Waals surface area contributed by atoms with Crippen molar-refractivity contribution in [3.05, 3.63) is 64.7 Å². The number of nitrogens with zero attached hydrogens (tertiary/aromatic N) is 1. The molecule has 0 atom stereocenters. The van der Waals surface area contributed by atoms with Crippen molar-refractivity contribution in [1.82, 2.24) is 10.2 Å². The molecule has 6 heteroatoms. The second kappa shape index (κ2) is 9.08. The number of carbonyl (C=O) groups is 2. The van der Waals surface area contributed by atoms with Crippen LogP contribution in [0.25, 0.3) is 0 Å². The second-order valence-corrected chi connectivity index (χ2v) is 5.93. The SMILES string of the molecule is COc1cccc(C(=O)NCCN(Cc2ccccc2Cl)C(C)=O)c1. The molecule has 1 N–H and O–H groups in total. The number of nitrogens with one attached hydrogen (secondary N) is 1. The molecule has 0 radical (unpaired) electrons. The summed E-state index contributed by atoms with van der Waals surface area (Å²) in [5.74, 6) is 0.340. The molecule has 0 heterocycles. The Morgan fingerprint density at radius 3 is 2.60 bits per heavy atom. The Morgan fingerprint density at radius 2 is 1.92 bits per heavy atom. The second-order valence-electron chi connectivity index (χ2n) is 5.52. The van der Waals surface area contributed by atoms with Crippen molar-refractivity contribution >= 4 is 23.4 Å². The van der Waals surface area contributed by atoms with Crippen molar-refractivity contribution in [2.24, 2.45) is 0 Å². The van der Waals surface area contributed by atoms with Gasteiger partial charge in [-0.3, -0.25) is 9.59 Å². The zero-order chi connectivity index (χ0) is 18.2. The van der Waals surface area contributed by atoms with Gasteiger partial charge in [-0.2, -0.15) is 0 Å². The molecule has 0 saturated carbocycles. The normalized spacial score (nSPS) is 10.2. The van der Waals surface area contributed by atoms with E-state index in [9.17, 15) is 9.59 Å². The van der Waals surface area contributed by atoms with Gasteiger partial charge in [0.05, 0.1) is 7.11 Å². The summed E-state index contributed by atoms with van der Waals surface area (Å²) in [5, 5.41) is 3.43. The number of halogens is 1. The van der Waals surface area contributed by atoms with Crippen LogP contribution in [0.3, 0.4) is 0 Å². The van der Waals surface area contributed by atoms with Crippen LogP contribution < -0.4 is 10.1 Å². The smallest absolute Gasteiger partial charge is 0.251 e. The Hall–Kier alpha value is -2.53. The highest BCUT2D eigenvalue weighted by Crippen LogP contribution is 2.17. The highest BCUT2D eigenvalue weighted by atomic mass is 35.5. The number of benzene rings is 2. The third-order valence-corrected chi connectivity index (χ3v) is 4.13. The number of hydrogen-bond acceptors (Lipinski definition) is 3. The molecule has 0 aliphatic rings. The number of amides is 2. The molecular formula is C19H21ClN2O3. The van der Waals surface area contributed by atoms with Crippen molar-refractivity contribution < 1.29 is 14.3 Å². The molecule has 0 aliphatic heterocycles. The number of carbonyl (C=O) groups excluding carboxylic acids is 2. The Balaban J connectivity index is 1.92. The molecule has 132 valence electrons. The molecule has 0 saturated heterocycles. The number of methoxy groups -OCH3 is 1. The summed E-state index contributed by atoms with van der Waals surface area (Å²) in [6.07, 6.45) is 0. The molecule has 2 amide bonds. The first-order chi connectivity index (χ1) is 12.0. The zero-order valence-electron chi connectivity index (χ0n) is 14.3. The lowest BCUT2D eigenvalue weighted by atomic mass is 10.2. The van der Waals surface area contributed by atoms with E-state index in [0.29, 0.717) is 36.0 Å². The van der Waals surface area contributed by atoms with Gasteiger partial charge in [0.2, 0.25) is 5.91 Å². The van der Waals surface area contributed by atoms with Crippen LogP contribution in [0.2, 0.25) is 5.02 Å². The molecule has 2 aromatic carbocycles. The number of rotatable bonds is 7. The van der Waals surface area contributed by atoms with E-state index in [2.05, 4.69) is 5.32 Å². The van der Waals surface area contributed by atoms with Gasteiger partial charge in [-0.15, -0.1) is 0 Å². The minimum Gasteiger partial charge on any atom is -0.497 e. The van der Waals surface area contributed by atoms with Gasteiger partial charge in [0.15, 0.2) is 0 Å². The van der Waals surface area contributed by atoms with E-state index in [1.54, 1.807) is 42.3 Å². The number of hydrogen-bond donors (Lipinski definition) is 1. The highest BCUT2D eigenvalue weighted by Gasteiger charge is 2.12. The van der Waals surface area contributed by atoms with Gasteiger partial charge in [-0.05, 0) is 29.8 Å². The Morgan fingerprint density at radius 1 is 1.16 bits per heavy atom. The maximum Gasteiger partial charge on any atom is 0.251 e. The van der Waals surface area contributed by atoms with Crippen LogP contribution in [-0.2, 0) is 11.3 Å². The standard InChI is InChI=1S/C19H21ClN2O3/c1-14(23)22(13-16-6-3-4-9-18(16)20)11-10-21-19(24)15-7-5-8-17(12-15)25-2/h3-9,12H,10-11,13H2,1-2H3,(H,21,24). The first-order valence-corrected chi connectivity index (χ1v) is 8.30. The van der Waals surface area contributed by atoms with Gasteiger partial charge >= 0.3 is 0 Å². The van der Waals surface area contributed by atoms with Crippen LogP contribution >= 0.6 is 11.6 Å². The minimum atomic E-state index is -0.208. The van der Waals surface area contributed by atoms with Gasteiger partial charge in [-0.25, -0.2) is 0 Å². The molecule has 0 aromatic heterocycles. The summed E-state index contributed by atoms with van der Waals surface area (Å²) < 4.78 is 5.11. The molecule has 0 aliphatic carbocycles. The number of ether oxygens (including phenoxy) is 1. The lowest BCUT2D eigenvalue weighted by Crippen LogP contribution is -2.37. The summed E-state index contributed by atoms with van der Waals surface area (Å²) in [5.41, 5.74) is 1.39. The van der Waals surface area contributed by atoms with Gasteiger partial charge in [0.1, 0.15) is 5.75 Å². The van der Waals surface area contributed by atoms with Crippen molar-refractivity contribution in [2.75, 3.05) is 20.2 Å². The van der Waals surface area contributed by atoms with E-state index < -0.39 is 0 Å².